The van der Waals surface area contributed by atoms with Gasteiger partial charge in [0.15, 0.2) is 0 Å². The number of allylic oxidation sites excluding steroid dienone is 4. The van der Waals surface area contributed by atoms with E-state index >= 15 is 0 Å². The Morgan fingerprint density at radius 2 is 1.68 bits per heavy atom. The molecular formula is C30H50O. The van der Waals surface area contributed by atoms with Crippen LogP contribution >= 0.6 is 0 Å². The average molecular weight is 427 g/mol. The van der Waals surface area contributed by atoms with Gasteiger partial charge in [0.1, 0.15) is 0 Å². The Hall–Kier alpha value is -0.560. The second kappa shape index (κ2) is 7.75. The van der Waals surface area contributed by atoms with Crippen LogP contribution < -0.4 is 0 Å². The van der Waals surface area contributed by atoms with Gasteiger partial charge in [0, 0.05) is 0 Å². The molecule has 1 N–H and O–H groups in total. The number of fused-ring (bicyclic) bond motifs is 2. The molecule has 1 heteroatoms. The summed E-state index contributed by atoms with van der Waals surface area (Å²) in [6.07, 6.45) is 15.2. The van der Waals surface area contributed by atoms with Gasteiger partial charge in [-0.15, -0.1) is 0 Å². The van der Waals surface area contributed by atoms with Gasteiger partial charge in [0.05, 0.1) is 6.10 Å². The van der Waals surface area contributed by atoms with Crippen molar-refractivity contribution in [1.29, 1.82) is 0 Å². The number of aliphatic hydroxyl groups is 1. The maximum atomic E-state index is 10.8. The molecule has 0 aromatic heterocycles. The van der Waals surface area contributed by atoms with Gasteiger partial charge in [0.2, 0.25) is 0 Å². The lowest BCUT2D eigenvalue weighted by Crippen LogP contribution is -2.54. The number of hydrogen-bond acceptors (Lipinski definition) is 1. The lowest BCUT2D eigenvalue weighted by Gasteiger charge is -2.58. The lowest BCUT2D eigenvalue weighted by atomic mass is 9.47. The first-order valence-electron chi connectivity index (χ1n) is 13.3. The number of rotatable bonds is 3. The van der Waals surface area contributed by atoms with Gasteiger partial charge < -0.3 is 5.11 Å². The third-order valence-electron chi connectivity index (χ3n) is 11.2. The SMILES string of the molecule is CC1=CC[C@H]2C(C)(C)[C@@H](O)CC[C@]2(C)[C@H]1CCC1=C(C)CC[C@@]2(C)CCC(C)(C)C[C@@H]12. The first kappa shape index (κ1) is 23.6. The topological polar surface area (TPSA) is 20.2 Å². The summed E-state index contributed by atoms with van der Waals surface area (Å²) >= 11 is 0. The minimum Gasteiger partial charge on any atom is -0.393 e. The third kappa shape index (κ3) is 3.89. The Balaban J connectivity index is 1.59. The Morgan fingerprint density at radius 1 is 0.968 bits per heavy atom. The molecule has 0 saturated heterocycles. The maximum Gasteiger partial charge on any atom is 0.0594 e. The van der Waals surface area contributed by atoms with Crippen LogP contribution in [0.3, 0.4) is 0 Å². The molecule has 4 aliphatic rings. The van der Waals surface area contributed by atoms with E-state index in [1.807, 2.05) is 5.57 Å². The Bertz CT molecular complexity index is 767. The molecule has 0 aliphatic heterocycles. The van der Waals surface area contributed by atoms with Crippen molar-refractivity contribution in [3.8, 4) is 0 Å². The van der Waals surface area contributed by atoms with Crippen molar-refractivity contribution in [2.24, 2.45) is 39.4 Å². The highest BCUT2D eigenvalue weighted by molar-refractivity contribution is 5.26. The fourth-order valence-corrected chi connectivity index (χ4v) is 8.75. The number of hydrogen-bond donors (Lipinski definition) is 1. The summed E-state index contributed by atoms with van der Waals surface area (Å²) in [5.41, 5.74) is 6.58. The van der Waals surface area contributed by atoms with Crippen molar-refractivity contribution < 1.29 is 5.11 Å². The first-order valence-corrected chi connectivity index (χ1v) is 13.3. The van der Waals surface area contributed by atoms with E-state index in [1.54, 1.807) is 11.1 Å². The molecule has 0 bridgehead atoms. The van der Waals surface area contributed by atoms with E-state index in [9.17, 15) is 5.11 Å². The standard InChI is InChI=1S/C30H50O/c1-20-13-15-29(7)18-17-27(3,4)19-24(29)22(20)10-11-23-21(2)9-12-25-28(5,6)26(31)14-16-30(23,25)8/h9,23-26,31H,10-19H2,1-8H3/t23-,24-,25-,26-,29-,30+/m0/s1. The second-order valence-electron chi connectivity index (χ2n) is 14.1. The summed E-state index contributed by atoms with van der Waals surface area (Å²) in [7, 11) is 0. The fraction of sp³-hybridized carbons (Fsp3) is 0.867. The van der Waals surface area contributed by atoms with E-state index in [0.29, 0.717) is 28.1 Å². The van der Waals surface area contributed by atoms with Crippen LogP contribution in [0.2, 0.25) is 0 Å². The normalized spacial score (nSPS) is 44.4. The monoisotopic (exact) mass is 426 g/mol. The Morgan fingerprint density at radius 3 is 2.39 bits per heavy atom. The molecule has 0 amide bonds. The summed E-state index contributed by atoms with van der Waals surface area (Å²) in [5, 5.41) is 10.8. The van der Waals surface area contributed by atoms with E-state index in [-0.39, 0.29) is 11.5 Å². The molecule has 31 heavy (non-hydrogen) atoms. The van der Waals surface area contributed by atoms with Crippen LogP contribution in [0, 0.1) is 39.4 Å². The molecule has 0 heterocycles. The zero-order valence-electron chi connectivity index (χ0n) is 21.9. The van der Waals surface area contributed by atoms with Crippen LogP contribution in [0.25, 0.3) is 0 Å². The van der Waals surface area contributed by atoms with E-state index in [2.05, 4.69) is 61.5 Å². The van der Waals surface area contributed by atoms with Crippen molar-refractivity contribution in [3.05, 3.63) is 22.8 Å². The van der Waals surface area contributed by atoms with E-state index in [1.165, 1.54) is 51.4 Å². The zero-order valence-corrected chi connectivity index (χ0v) is 21.9. The second-order valence-corrected chi connectivity index (χ2v) is 14.1. The molecular weight excluding hydrogens is 376 g/mol. The molecule has 0 aromatic carbocycles. The van der Waals surface area contributed by atoms with Crippen LogP contribution in [0.4, 0.5) is 0 Å². The molecule has 1 nitrogen and oxygen atoms in total. The van der Waals surface area contributed by atoms with Gasteiger partial charge in [0.25, 0.3) is 0 Å². The van der Waals surface area contributed by atoms with E-state index < -0.39 is 0 Å². The molecule has 4 rings (SSSR count). The van der Waals surface area contributed by atoms with Crippen LogP contribution in [0.15, 0.2) is 22.8 Å². The van der Waals surface area contributed by atoms with Crippen LogP contribution in [0.5, 0.6) is 0 Å². The van der Waals surface area contributed by atoms with Crippen molar-refractivity contribution >= 4 is 0 Å². The smallest absolute Gasteiger partial charge is 0.0594 e. The summed E-state index contributed by atoms with van der Waals surface area (Å²) in [5.74, 6) is 2.06. The highest BCUT2D eigenvalue weighted by Gasteiger charge is 2.55. The largest absolute Gasteiger partial charge is 0.393 e. The predicted octanol–water partition coefficient (Wildman–Crippen LogP) is 8.48. The van der Waals surface area contributed by atoms with Crippen LogP contribution in [0.1, 0.15) is 120 Å². The highest BCUT2D eigenvalue weighted by Crippen LogP contribution is 2.62. The molecule has 0 unspecified atom stereocenters. The zero-order chi connectivity index (χ0) is 22.8. The summed E-state index contributed by atoms with van der Waals surface area (Å²) < 4.78 is 0. The molecule has 2 fully saturated rings. The summed E-state index contributed by atoms with van der Waals surface area (Å²) in [4.78, 5) is 0. The fourth-order valence-electron chi connectivity index (χ4n) is 8.75. The third-order valence-corrected chi connectivity index (χ3v) is 11.2. The van der Waals surface area contributed by atoms with Gasteiger partial charge >= 0.3 is 0 Å². The lowest BCUT2D eigenvalue weighted by molar-refractivity contribution is -0.116. The molecule has 0 spiro atoms. The molecule has 176 valence electrons. The van der Waals surface area contributed by atoms with Crippen molar-refractivity contribution in [2.45, 2.75) is 126 Å². The quantitative estimate of drug-likeness (QED) is 0.449. The summed E-state index contributed by atoms with van der Waals surface area (Å²) in [6.45, 7) is 19.7. The predicted molar refractivity (Wildman–Crippen MR) is 133 cm³/mol. The van der Waals surface area contributed by atoms with Crippen molar-refractivity contribution in [1.82, 2.24) is 0 Å². The number of aliphatic hydroxyl groups excluding tert-OH is 1. The van der Waals surface area contributed by atoms with Gasteiger partial charge in [-0.2, -0.15) is 0 Å². The molecule has 0 radical (unpaired) electrons. The first-order chi connectivity index (χ1) is 14.3. The maximum absolute atomic E-state index is 10.8. The van der Waals surface area contributed by atoms with E-state index in [4.69, 9.17) is 0 Å². The highest BCUT2D eigenvalue weighted by atomic mass is 16.3. The Labute approximate surface area is 193 Å². The molecule has 0 aromatic rings. The van der Waals surface area contributed by atoms with Crippen LogP contribution in [-0.4, -0.2) is 11.2 Å². The van der Waals surface area contributed by atoms with Crippen molar-refractivity contribution in [2.75, 3.05) is 0 Å². The van der Waals surface area contributed by atoms with E-state index in [0.717, 1.165) is 18.8 Å². The summed E-state index contributed by atoms with van der Waals surface area (Å²) in [6, 6.07) is 0. The average Bonchev–Trinajstić information content (AvgIpc) is 2.67. The van der Waals surface area contributed by atoms with Gasteiger partial charge in [-0.1, -0.05) is 64.3 Å². The van der Waals surface area contributed by atoms with Gasteiger partial charge in [-0.25, -0.2) is 0 Å². The van der Waals surface area contributed by atoms with Crippen molar-refractivity contribution in [3.63, 3.8) is 0 Å². The Kier molecular flexibility index (Phi) is 5.90. The molecule has 6 atom stereocenters. The van der Waals surface area contributed by atoms with Gasteiger partial charge in [-0.3, -0.25) is 0 Å². The molecule has 2 saturated carbocycles. The minimum atomic E-state index is -0.147. The molecule has 4 aliphatic carbocycles. The van der Waals surface area contributed by atoms with Gasteiger partial charge in [-0.05, 0) is 117 Å². The van der Waals surface area contributed by atoms with Crippen LogP contribution in [-0.2, 0) is 0 Å². The minimum absolute atomic E-state index is 0.0223.